The Kier molecular flexibility index (Phi) is 3.99. The van der Waals surface area contributed by atoms with Crippen LogP contribution in [0.4, 0.5) is 0 Å². The lowest BCUT2D eigenvalue weighted by Gasteiger charge is -2.33. The van der Waals surface area contributed by atoms with E-state index in [4.69, 9.17) is 5.73 Å². The van der Waals surface area contributed by atoms with Gasteiger partial charge in [0.1, 0.15) is 0 Å². The Morgan fingerprint density at radius 2 is 2.18 bits per heavy atom. The van der Waals surface area contributed by atoms with Gasteiger partial charge in [-0.15, -0.1) is 0 Å². The molecular weight excluding hydrogens is 218 g/mol. The summed E-state index contributed by atoms with van der Waals surface area (Å²) < 4.78 is 0. The van der Waals surface area contributed by atoms with Crippen molar-refractivity contribution in [2.45, 2.75) is 25.7 Å². The van der Waals surface area contributed by atoms with Gasteiger partial charge in [-0.2, -0.15) is 0 Å². The van der Waals surface area contributed by atoms with Crippen LogP contribution in [0.1, 0.15) is 25.7 Å². The van der Waals surface area contributed by atoms with E-state index in [0.717, 1.165) is 38.9 Å². The summed E-state index contributed by atoms with van der Waals surface area (Å²) in [7, 11) is 0. The fraction of sp³-hybridized carbons (Fsp3) is 0.833. The number of nitrogens with zero attached hydrogens (tertiary/aromatic N) is 2. The summed E-state index contributed by atoms with van der Waals surface area (Å²) in [6.45, 7) is 3.22. The van der Waals surface area contributed by atoms with Crippen LogP contribution >= 0.6 is 0 Å². The van der Waals surface area contributed by atoms with Crippen LogP contribution in [-0.2, 0) is 9.59 Å². The van der Waals surface area contributed by atoms with E-state index < -0.39 is 0 Å². The molecule has 0 aromatic carbocycles. The van der Waals surface area contributed by atoms with Crippen molar-refractivity contribution in [2.24, 2.45) is 11.7 Å². The lowest BCUT2D eigenvalue weighted by atomic mass is 9.98. The quantitative estimate of drug-likeness (QED) is 0.742. The van der Waals surface area contributed by atoms with Crippen LogP contribution in [0.15, 0.2) is 0 Å². The second-order valence-electron chi connectivity index (χ2n) is 5.00. The molecular formula is C12H21N3O2. The average molecular weight is 239 g/mol. The first-order valence-corrected chi connectivity index (χ1v) is 6.46. The predicted molar refractivity (Wildman–Crippen MR) is 64.2 cm³/mol. The minimum atomic E-state index is 0.0819. The molecule has 17 heavy (non-hydrogen) atoms. The van der Waals surface area contributed by atoms with Crippen molar-refractivity contribution in [1.29, 1.82) is 0 Å². The fourth-order valence-corrected chi connectivity index (χ4v) is 2.62. The van der Waals surface area contributed by atoms with Crippen molar-refractivity contribution >= 4 is 11.8 Å². The van der Waals surface area contributed by atoms with E-state index in [0.29, 0.717) is 18.9 Å². The molecule has 2 fully saturated rings. The van der Waals surface area contributed by atoms with Crippen molar-refractivity contribution in [1.82, 2.24) is 9.80 Å². The first-order valence-electron chi connectivity index (χ1n) is 6.46. The zero-order valence-corrected chi connectivity index (χ0v) is 10.2. The maximum atomic E-state index is 12.1. The minimum absolute atomic E-state index is 0.0819. The normalized spacial score (nSPS) is 25.5. The molecule has 0 spiro atoms. The number of rotatable bonds is 3. The molecule has 1 unspecified atom stereocenters. The summed E-state index contributed by atoms with van der Waals surface area (Å²) in [5, 5.41) is 0. The third-order valence-corrected chi connectivity index (χ3v) is 3.70. The van der Waals surface area contributed by atoms with Crippen molar-refractivity contribution in [2.75, 3.05) is 32.7 Å². The van der Waals surface area contributed by atoms with Gasteiger partial charge in [-0.3, -0.25) is 9.59 Å². The smallest absolute Gasteiger partial charge is 0.242 e. The van der Waals surface area contributed by atoms with Crippen LogP contribution in [0, 0.1) is 5.92 Å². The molecule has 5 heteroatoms. The second-order valence-corrected chi connectivity index (χ2v) is 5.00. The molecule has 5 nitrogen and oxygen atoms in total. The van der Waals surface area contributed by atoms with Crippen molar-refractivity contribution in [3.63, 3.8) is 0 Å². The topological polar surface area (TPSA) is 66.6 Å². The van der Waals surface area contributed by atoms with Crippen molar-refractivity contribution < 1.29 is 9.59 Å². The zero-order valence-electron chi connectivity index (χ0n) is 10.2. The second kappa shape index (κ2) is 5.49. The van der Waals surface area contributed by atoms with E-state index in [1.165, 1.54) is 0 Å². The van der Waals surface area contributed by atoms with E-state index in [1.807, 2.05) is 4.90 Å². The van der Waals surface area contributed by atoms with Crippen LogP contribution < -0.4 is 5.73 Å². The summed E-state index contributed by atoms with van der Waals surface area (Å²) in [6.07, 6.45) is 3.63. The van der Waals surface area contributed by atoms with Gasteiger partial charge in [-0.05, 0) is 31.7 Å². The maximum absolute atomic E-state index is 12.1. The SMILES string of the molecule is NCC1CCCN(C(=O)CN2CCCC2=O)C1. The molecule has 2 heterocycles. The first kappa shape index (κ1) is 12.4. The van der Waals surface area contributed by atoms with Gasteiger partial charge in [0.2, 0.25) is 11.8 Å². The number of amides is 2. The summed E-state index contributed by atoms with van der Waals surface area (Å²) >= 11 is 0. The Hall–Kier alpha value is -1.10. The predicted octanol–water partition coefficient (Wildman–Crippen LogP) is -0.194. The molecule has 0 aliphatic carbocycles. The van der Waals surface area contributed by atoms with Crippen LogP contribution in [0.3, 0.4) is 0 Å². The number of nitrogens with two attached hydrogens (primary N) is 1. The van der Waals surface area contributed by atoms with E-state index >= 15 is 0 Å². The largest absolute Gasteiger partial charge is 0.341 e. The van der Waals surface area contributed by atoms with Crippen LogP contribution in [0.5, 0.6) is 0 Å². The lowest BCUT2D eigenvalue weighted by Crippen LogP contribution is -2.46. The Morgan fingerprint density at radius 3 is 2.82 bits per heavy atom. The highest BCUT2D eigenvalue weighted by atomic mass is 16.2. The highest BCUT2D eigenvalue weighted by Crippen LogP contribution is 2.16. The Morgan fingerprint density at radius 1 is 1.35 bits per heavy atom. The maximum Gasteiger partial charge on any atom is 0.242 e. The van der Waals surface area contributed by atoms with Gasteiger partial charge in [0, 0.05) is 26.1 Å². The highest BCUT2D eigenvalue weighted by Gasteiger charge is 2.27. The third kappa shape index (κ3) is 2.97. The molecule has 2 aliphatic heterocycles. The number of piperidine rings is 1. The Bertz CT molecular complexity index is 306. The Labute approximate surface area is 102 Å². The van der Waals surface area contributed by atoms with Gasteiger partial charge in [-0.1, -0.05) is 0 Å². The Balaban J connectivity index is 1.84. The molecule has 2 rings (SSSR count). The minimum Gasteiger partial charge on any atom is -0.341 e. The van der Waals surface area contributed by atoms with Crippen LogP contribution in [0.25, 0.3) is 0 Å². The summed E-state index contributed by atoms with van der Waals surface area (Å²) in [6, 6.07) is 0. The molecule has 1 atom stereocenters. The molecule has 2 amide bonds. The average Bonchev–Trinajstić information content (AvgIpc) is 2.75. The van der Waals surface area contributed by atoms with Crippen molar-refractivity contribution in [3.8, 4) is 0 Å². The molecule has 2 saturated heterocycles. The third-order valence-electron chi connectivity index (χ3n) is 3.70. The van der Waals surface area contributed by atoms with Gasteiger partial charge in [-0.25, -0.2) is 0 Å². The number of likely N-dealkylation sites (tertiary alicyclic amines) is 2. The van der Waals surface area contributed by atoms with Gasteiger partial charge in [0.25, 0.3) is 0 Å². The van der Waals surface area contributed by atoms with E-state index in [2.05, 4.69) is 0 Å². The lowest BCUT2D eigenvalue weighted by molar-refractivity contribution is -0.139. The van der Waals surface area contributed by atoms with Crippen LogP contribution in [0.2, 0.25) is 0 Å². The summed E-state index contributed by atoms with van der Waals surface area (Å²) in [5.74, 6) is 0.631. The van der Waals surface area contributed by atoms with E-state index in [1.54, 1.807) is 4.90 Å². The molecule has 96 valence electrons. The molecule has 0 radical (unpaired) electrons. The zero-order chi connectivity index (χ0) is 12.3. The number of carbonyl (C=O) groups is 2. The molecule has 0 saturated carbocycles. The van der Waals surface area contributed by atoms with Gasteiger partial charge in [0.05, 0.1) is 6.54 Å². The van der Waals surface area contributed by atoms with Gasteiger partial charge >= 0.3 is 0 Å². The van der Waals surface area contributed by atoms with Crippen LogP contribution in [-0.4, -0.2) is 54.3 Å². The standard InChI is InChI=1S/C12H21N3O2/c13-7-10-3-1-5-14(8-10)12(17)9-15-6-2-4-11(15)16/h10H,1-9,13H2. The van der Waals surface area contributed by atoms with Gasteiger partial charge in [0.15, 0.2) is 0 Å². The van der Waals surface area contributed by atoms with E-state index in [9.17, 15) is 9.59 Å². The molecule has 0 aromatic rings. The molecule has 2 aliphatic rings. The highest BCUT2D eigenvalue weighted by molar-refractivity contribution is 5.85. The summed E-state index contributed by atoms with van der Waals surface area (Å²) in [5.41, 5.74) is 5.65. The van der Waals surface area contributed by atoms with E-state index in [-0.39, 0.29) is 18.4 Å². The number of carbonyl (C=O) groups excluding carboxylic acids is 2. The molecule has 0 aromatic heterocycles. The molecule has 0 bridgehead atoms. The fourth-order valence-electron chi connectivity index (χ4n) is 2.62. The first-order chi connectivity index (χ1) is 8.20. The number of hydrogen-bond acceptors (Lipinski definition) is 3. The monoisotopic (exact) mass is 239 g/mol. The molecule has 2 N–H and O–H groups in total. The van der Waals surface area contributed by atoms with Gasteiger partial charge < -0.3 is 15.5 Å². The van der Waals surface area contributed by atoms with Crippen molar-refractivity contribution in [3.05, 3.63) is 0 Å². The number of hydrogen-bond donors (Lipinski definition) is 1. The summed E-state index contributed by atoms with van der Waals surface area (Å²) in [4.78, 5) is 27.0.